The fourth-order valence-electron chi connectivity index (χ4n) is 2.88. The first-order valence-corrected chi connectivity index (χ1v) is 7.56. The molecule has 2 saturated carbocycles. The van der Waals surface area contributed by atoms with E-state index >= 15 is 0 Å². The van der Waals surface area contributed by atoms with Crippen LogP contribution in [-0.4, -0.2) is 41.8 Å². The van der Waals surface area contributed by atoms with Crippen LogP contribution in [-0.2, 0) is 4.74 Å². The zero-order valence-corrected chi connectivity index (χ0v) is 12.7. The lowest BCUT2D eigenvalue weighted by molar-refractivity contribution is 0.0479. The van der Waals surface area contributed by atoms with Crippen LogP contribution in [0.1, 0.15) is 59.3 Å². The molecule has 0 aromatic rings. The number of nitrogens with zero attached hydrogens (tertiary/aromatic N) is 1. The monoisotopic (exact) mass is 268 g/mol. The van der Waals surface area contributed by atoms with E-state index in [1.807, 2.05) is 20.8 Å². The highest BCUT2D eigenvalue weighted by Gasteiger charge is 2.33. The third kappa shape index (κ3) is 4.68. The zero-order valence-electron chi connectivity index (χ0n) is 12.7. The van der Waals surface area contributed by atoms with Crippen molar-refractivity contribution in [2.45, 2.75) is 83.0 Å². The summed E-state index contributed by atoms with van der Waals surface area (Å²) in [6, 6.07) is 1.84. The van der Waals surface area contributed by atoms with Crippen LogP contribution in [0.5, 0.6) is 0 Å². The Kier molecular flexibility index (Phi) is 4.39. The highest BCUT2D eigenvalue weighted by Crippen LogP contribution is 2.32. The van der Waals surface area contributed by atoms with Crippen LogP contribution in [0, 0.1) is 0 Å². The van der Waals surface area contributed by atoms with Crippen LogP contribution in [0.2, 0.25) is 0 Å². The summed E-state index contributed by atoms with van der Waals surface area (Å²) in [5.41, 5.74) is -0.409. The van der Waals surface area contributed by atoms with E-state index in [9.17, 15) is 4.79 Å². The van der Waals surface area contributed by atoms with E-state index in [1.54, 1.807) is 0 Å². The molecular weight excluding hydrogens is 240 g/mol. The van der Waals surface area contributed by atoms with Gasteiger partial charge in [0.2, 0.25) is 0 Å². The number of ether oxygens (including phenoxy) is 1. The summed E-state index contributed by atoms with van der Waals surface area (Å²) in [5.74, 6) is 0. The molecule has 4 heteroatoms. The van der Waals surface area contributed by atoms with E-state index in [1.165, 1.54) is 25.7 Å². The summed E-state index contributed by atoms with van der Waals surface area (Å²) in [4.78, 5) is 14.3. The molecule has 0 unspecified atom stereocenters. The van der Waals surface area contributed by atoms with Crippen molar-refractivity contribution in [3.63, 3.8) is 0 Å². The van der Waals surface area contributed by atoms with Gasteiger partial charge in [-0.1, -0.05) is 0 Å². The quantitative estimate of drug-likeness (QED) is 0.855. The molecule has 2 aliphatic carbocycles. The van der Waals surface area contributed by atoms with Gasteiger partial charge in [0.05, 0.1) is 0 Å². The minimum atomic E-state index is -0.409. The summed E-state index contributed by atoms with van der Waals surface area (Å²) in [7, 11) is 2.25. The number of hydrogen-bond donors (Lipinski definition) is 1. The van der Waals surface area contributed by atoms with Gasteiger partial charge in [0, 0.05) is 18.1 Å². The van der Waals surface area contributed by atoms with Crippen molar-refractivity contribution in [3.8, 4) is 0 Å². The molecule has 1 amide bonds. The van der Waals surface area contributed by atoms with Crippen molar-refractivity contribution in [1.29, 1.82) is 0 Å². The molecule has 0 aromatic heterocycles. The van der Waals surface area contributed by atoms with Crippen molar-refractivity contribution in [3.05, 3.63) is 0 Å². The first-order valence-electron chi connectivity index (χ1n) is 7.56. The molecule has 2 fully saturated rings. The van der Waals surface area contributed by atoms with Gasteiger partial charge in [-0.2, -0.15) is 0 Å². The van der Waals surface area contributed by atoms with Gasteiger partial charge >= 0.3 is 6.09 Å². The van der Waals surface area contributed by atoms with Crippen LogP contribution in [0.4, 0.5) is 4.79 Å². The normalized spacial score (nSPS) is 28.3. The number of rotatable bonds is 3. The Morgan fingerprint density at radius 1 is 1.05 bits per heavy atom. The maximum atomic E-state index is 11.7. The summed E-state index contributed by atoms with van der Waals surface area (Å²) >= 11 is 0. The molecule has 0 bridgehead atoms. The van der Waals surface area contributed by atoms with Crippen molar-refractivity contribution in [2.24, 2.45) is 0 Å². The van der Waals surface area contributed by atoms with E-state index in [2.05, 4.69) is 17.3 Å². The maximum absolute atomic E-state index is 11.7. The Bertz CT molecular complexity index is 313. The fourth-order valence-corrected chi connectivity index (χ4v) is 2.88. The highest BCUT2D eigenvalue weighted by atomic mass is 16.6. The molecule has 2 aliphatic rings. The van der Waals surface area contributed by atoms with Gasteiger partial charge in [0.1, 0.15) is 5.60 Å². The molecule has 0 radical (unpaired) electrons. The summed E-state index contributed by atoms with van der Waals surface area (Å²) in [6.07, 6.45) is 6.98. The lowest BCUT2D eigenvalue weighted by atomic mass is 9.90. The van der Waals surface area contributed by atoms with Crippen LogP contribution in [0.3, 0.4) is 0 Å². The standard InChI is InChI=1S/C15H28N2O2/c1-15(2,3)19-14(18)16-11-5-7-12(8-6-11)17(4)13-9-10-13/h11-13H,5-10H2,1-4H3,(H,16,18). The van der Waals surface area contributed by atoms with Crippen molar-refractivity contribution >= 4 is 6.09 Å². The largest absolute Gasteiger partial charge is 0.444 e. The van der Waals surface area contributed by atoms with Crippen molar-refractivity contribution in [1.82, 2.24) is 10.2 Å². The average molecular weight is 268 g/mol. The Balaban J connectivity index is 1.69. The van der Waals surface area contributed by atoms with Gasteiger partial charge in [-0.15, -0.1) is 0 Å². The molecule has 1 N–H and O–H groups in total. The number of hydrogen-bond acceptors (Lipinski definition) is 3. The molecule has 0 aromatic carbocycles. The topological polar surface area (TPSA) is 41.6 Å². The van der Waals surface area contributed by atoms with E-state index < -0.39 is 5.60 Å². The van der Waals surface area contributed by atoms with E-state index in [-0.39, 0.29) is 6.09 Å². The van der Waals surface area contributed by atoms with Crippen molar-refractivity contribution < 1.29 is 9.53 Å². The van der Waals surface area contributed by atoms with Crippen LogP contribution < -0.4 is 5.32 Å². The van der Waals surface area contributed by atoms with Gasteiger partial charge in [-0.25, -0.2) is 4.79 Å². The van der Waals surface area contributed by atoms with Gasteiger partial charge in [-0.3, -0.25) is 0 Å². The first kappa shape index (κ1) is 14.6. The van der Waals surface area contributed by atoms with Gasteiger partial charge in [0.25, 0.3) is 0 Å². The zero-order chi connectivity index (χ0) is 14.0. The molecule has 0 spiro atoms. The Labute approximate surface area is 116 Å². The first-order chi connectivity index (χ1) is 8.85. The molecule has 4 nitrogen and oxygen atoms in total. The molecule has 19 heavy (non-hydrogen) atoms. The lowest BCUT2D eigenvalue weighted by Gasteiger charge is -2.35. The van der Waals surface area contributed by atoms with Crippen LogP contribution in [0.25, 0.3) is 0 Å². The molecule has 2 rings (SSSR count). The SMILES string of the molecule is CN(C1CCC(NC(=O)OC(C)(C)C)CC1)C1CC1. The number of carbonyl (C=O) groups is 1. The second-order valence-corrected chi connectivity index (χ2v) is 7.05. The number of carbonyl (C=O) groups excluding carboxylic acids is 1. The van der Waals surface area contributed by atoms with Gasteiger partial charge < -0.3 is 15.0 Å². The fraction of sp³-hybridized carbons (Fsp3) is 0.933. The van der Waals surface area contributed by atoms with E-state index in [4.69, 9.17) is 4.74 Å². The van der Waals surface area contributed by atoms with E-state index in [0.29, 0.717) is 12.1 Å². The van der Waals surface area contributed by atoms with Crippen LogP contribution in [0.15, 0.2) is 0 Å². The van der Waals surface area contributed by atoms with Gasteiger partial charge in [0.15, 0.2) is 0 Å². The predicted octanol–water partition coefficient (Wildman–Crippen LogP) is 2.92. The maximum Gasteiger partial charge on any atom is 0.407 e. The highest BCUT2D eigenvalue weighted by molar-refractivity contribution is 5.68. The third-order valence-corrected chi connectivity index (χ3v) is 4.12. The predicted molar refractivity (Wildman–Crippen MR) is 76.2 cm³/mol. The molecule has 0 atom stereocenters. The Hall–Kier alpha value is -0.770. The summed E-state index contributed by atoms with van der Waals surface area (Å²) in [6.45, 7) is 5.69. The number of amides is 1. The summed E-state index contributed by atoms with van der Waals surface area (Å²) < 4.78 is 5.30. The molecule has 0 saturated heterocycles. The number of alkyl carbamates (subject to hydrolysis) is 1. The Morgan fingerprint density at radius 3 is 1.95 bits per heavy atom. The minimum Gasteiger partial charge on any atom is -0.444 e. The summed E-state index contributed by atoms with van der Waals surface area (Å²) in [5, 5.41) is 3.00. The minimum absolute atomic E-state index is 0.272. The second kappa shape index (κ2) is 5.70. The second-order valence-electron chi connectivity index (χ2n) is 7.05. The third-order valence-electron chi connectivity index (χ3n) is 4.12. The number of nitrogens with one attached hydrogen (secondary N) is 1. The molecule has 0 aliphatic heterocycles. The average Bonchev–Trinajstić information content (AvgIpc) is 3.10. The molecular formula is C15H28N2O2. The van der Waals surface area contributed by atoms with E-state index in [0.717, 1.165) is 18.9 Å². The Morgan fingerprint density at radius 2 is 1.53 bits per heavy atom. The molecule has 110 valence electrons. The van der Waals surface area contributed by atoms with Crippen molar-refractivity contribution in [2.75, 3.05) is 7.05 Å². The lowest BCUT2D eigenvalue weighted by Crippen LogP contribution is -2.44. The molecule has 0 heterocycles. The smallest absolute Gasteiger partial charge is 0.407 e. The van der Waals surface area contributed by atoms with Crippen LogP contribution >= 0.6 is 0 Å². The van der Waals surface area contributed by atoms with Gasteiger partial charge in [-0.05, 0) is 66.3 Å².